The lowest BCUT2D eigenvalue weighted by molar-refractivity contribution is 0.102. The van der Waals surface area contributed by atoms with Gasteiger partial charge in [-0.25, -0.2) is 13.1 Å². The van der Waals surface area contributed by atoms with Gasteiger partial charge in [0.2, 0.25) is 10.0 Å². The van der Waals surface area contributed by atoms with Crippen LogP contribution in [0.4, 0.5) is 5.69 Å². The number of carbonyl (C=O) groups excluding carboxylic acids is 1. The van der Waals surface area contributed by atoms with Crippen molar-refractivity contribution < 1.29 is 13.2 Å². The van der Waals surface area contributed by atoms with Gasteiger partial charge in [-0.15, -0.1) is 0 Å². The number of nitrogens with one attached hydrogen (secondary N) is 2. The lowest BCUT2D eigenvalue weighted by atomic mass is 9.92. The van der Waals surface area contributed by atoms with Crippen molar-refractivity contribution in [2.75, 3.05) is 5.32 Å². The van der Waals surface area contributed by atoms with E-state index in [1.807, 2.05) is 48.5 Å². The molecule has 0 bridgehead atoms. The zero-order chi connectivity index (χ0) is 23.3. The molecule has 0 aromatic heterocycles. The third kappa shape index (κ3) is 5.64. The van der Waals surface area contributed by atoms with Crippen LogP contribution < -0.4 is 10.0 Å². The van der Waals surface area contributed by atoms with Crippen molar-refractivity contribution in [2.45, 2.75) is 51.0 Å². The Morgan fingerprint density at radius 1 is 0.812 bits per heavy atom. The fraction of sp³-hybridized carbons (Fsp3) is 0.269. The summed E-state index contributed by atoms with van der Waals surface area (Å²) in [6.45, 7) is 8.52. The predicted molar refractivity (Wildman–Crippen MR) is 129 cm³/mol. The highest BCUT2D eigenvalue weighted by molar-refractivity contribution is 7.89. The molecule has 0 aliphatic heterocycles. The Hall–Kier alpha value is -2.96. The molecule has 0 unspecified atom stereocenters. The third-order valence-electron chi connectivity index (χ3n) is 5.33. The van der Waals surface area contributed by atoms with Gasteiger partial charge in [0.25, 0.3) is 5.91 Å². The number of benzene rings is 3. The normalized spacial score (nSPS) is 11.7. The molecule has 168 valence electrons. The monoisotopic (exact) mass is 450 g/mol. The van der Waals surface area contributed by atoms with E-state index in [2.05, 4.69) is 37.7 Å². The van der Waals surface area contributed by atoms with Gasteiger partial charge in [-0.3, -0.25) is 4.79 Å². The van der Waals surface area contributed by atoms with Crippen LogP contribution in [0, 0.1) is 0 Å². The average molecular weight is 451 g/mol. The number of amides is 1. The summed E-state index contributed by atoms with van der Waals surface area (Å²) >= 11 is 0. The Balaban J connectivity index is 1.85. The predicted octanol–water partition coefficient (Wildman–Crippen LogP) is 5.66. The molecule has 5 nitrogen and oxygen atoms in total. The van der Waals surface area contributed by atoms with Crippen molar-refractivity contribution in [3.8, 4) is 0 Å². The Morgan fingerprint density at radius 3 is 2.00 bits per heavy atom. The van der Waals surface area contributed by atoms with Crippen LogP contribution in [0.5, 0.6) is 0 Å². The molecule has 0 fully saturated rings. The molecule has 0 atom stereocenters. The number of carbonyl (C=O) groups is 1. The minimum absolute atomic E-state index is 0.0577. The summed E-state index contributed by atoms with van der Waals surface area (Å²) in [5.74, 6) is 0.135. The summed E-state index contributed by atoms with van der Waals surface area (Å²) in [6.07, 6.45) is 0. The minimum atomic E-state index is -3.76. The zero-order valence-electron chi connectivity index (χ0n) is 18.9. The lowest BCUT2D eigenvalue weighted by Crippen LogP contribution is -2.24. The molecular formula is C26H30N2O3S. The second kappa shape index (κ2) is 10.1. The summed E-state index contributed by atoms with van der Waals surface area (Å²) in [4.78, 5) is 13.2. The van der Waals surface area contributed by atoms with Gasteiger partial charge in [-0.2, -0.15) is 0 Å². The molecule has 0 saturated heterocycles. The quantitative estimate of drug-likeness (QED) is 0.465. The number of sulfonamides is 1. The van der Waals surface area contributed by atoms with Crippen LogP contribution in [0.3, 0.4) is 0 Å². The maximum atomic E-state index is 13.1. The van der Waals surface area contributed by atoms with Gasteiger partial charge in [0, 0.05) is 17.8 Å². The van der Waals surface area contributed by atoms with E-state index in [0.29, 0.717) is 5.56 Å². The summed E-state index contributed by atoms with van der Waals surface area (Å²) in [6, 6.07) is 21.4. The van der Waals surface area contributed by atoms with Crippen molar-refractivity contribution in [3.05, 3.63) is 95.1 Å². The van der Waals surface area contributed by atoms with Gasteiger partial charge < -0.3 is 5.32 Å². The molecule has 0 radical (unpaired) electrons. The van der Waals surface area contributed by atoms with E-state index >= 15 is 0 Å². The standard InChI is InChI=1S/C26H30N2O3S/c1-18(2)23-14-9-15-24(19(3)4)25(23)28-26(29)21-12-8-13-22(16-21)32(30,31)27-17-20-10-6-5-7-11-20/h5-16,18-19,27H,17H2,1-4H3,(H,28,29). The lowest BCUT2D eigenvalue weighted by Gasteiger charge is -2.20. The summed E-state index contributed by atoms with van der Waals surface area (Å²) in [5.41, 5.74) is 4.06. The first kappa shape index (κ1) is 23.7. The van der Waals surface area contributed by atoms with E-state index in [1.165, 1.54) is 12.1 Å². The van der Waals surface area contributed by atoms with E-state index < -0.39 is 10.0 Å². The van der Waals surface area contributed by atoms with Crippen molar-refractivity contribution >= 4 is 21.6 Å². The number of hydrogen-bond acceptors (Lipinski definition) is 3. The van der Waals surface area contributed by atoms with Gasteiger partial charge in [-0.1, -0.05) is 82.3 Å². The zero-order valence-corrected chi connectivity index (χ0v) is 19.7. The van der Waals surface area contributed by atoms with Crippen LogP contribution in [-0.2, 0) is 16.6 Å². The van der Waals surface area contributed by atoms with E-state index in [4.69, 9.17) is 0 Å². The van der Waals surface area contributed by atoms with Crippen LogP contribution in [0.1, 0.15) is 66.6 Å². The summed E-state index contributed by atoms with van der Waals surface area (Å²) in [5, 5.41) is 3.04. The van der Waals surface area contributed by atoms with Gasteiger partial charge in [0.1, 0.15) is 0 Å². The summed E-state index contributed by atoms with van der Waals surface area (Å²) in [7, 11) is -3.76. The van der Waals surface area contributed by atoms with Crippen LogP contribution in [-0.4, -0.2) is 14.3 Å². The maximum Gasteiger partial charge on any atom is 0.255 e. The number of hydrogen-bond donors (Lipinski definition) is 2. The largest absolute Gasteiger partial charge is 0.321 e. The van der Waals surface area contributed by atoms with Crippen LogP contribution >= 0.6 is 0 Å². The van der Waals surface area contributed by atoms with Crippen molar-refractivity contribution in [2.24, 2.45) is 0 Å². The van der Waals surface area contributed by atoms with Crippen molar-refractivity contribution in [1.29, 1.82) is 0 Å². The Labute approximate surface area is 190 Å². The third-order valence-corrected chi connectivity index (χ3v) is 6.73. The molecule has 3 aromatic carbocycles. The van der Waals surface area contributed by atoms with E-state index in [-0.39, 0.29) is 29.2 Å². The number of para-hydroxylation sites is 1. The Bertz CT molecular complexity index is 1160. The first-order chi connectivity index (χ1) is 15.2. The SMILES string of the molecule is CC(C)c1cccc(C(C)C)c1NC(=O)c1cccc(S(=O)(=O)NCc2ccccc2)c1. The molecule has 32 heavy (non-hydrogen) atoms. The fourth-order valence-electron chi connectivity index (χ4n) is 3.54. The molecule has 0 spiro atoms. The smallest absolute Gasteiger partial charge is 0.255 e. The van der Waals surface area contributed by atoms with Crippen LogP contribution in [0.25, 0.3) is 0 Å². The molecule has 1 amide bonds. The molecule has 3 aromatic rings. The summed E-state index contributed by atoms with van der Waals surface area (Å²) < 4.78 is 28.2. The highest BCUT2D eigenvalue weighted by atomic mass is 32.2. The second-order valence-corrected chi connectivity index (χ2v) is 10.2. The molecule has 3 rings (SSSR count). The topological polar surface area (TPSA) is 75.3 Å². The van der Waals surface area contributed by atoms with Gasteiger partial charge in [0.05, 0.1) is 4.90 Å². The minimum Gasteiger partial charge on any atom is -0.321 e. The van der Waals surface area contributed by atoms with Crippen LogP contribution in [0.2, 0.25) is 0 Å². The first-order valence-electron chi connectivity index (χ1n) is 10.8. The molecular weight excluding hydrogens is 420 g/mol. The molecule has 0 heterocycles. The second-order valence-electron chi connectivity index (χ2n) is 8.41. The Kier molecular flexibility index (Phi) is 7.48. The van der Waals surface area contributed by atoms with E-state index in [0.717, 1.165) is 22.4 Å². The number of anilines is 1. The van der Waals surface area contributed by atoms with Crippen LogP contribution in [0.15, 0.2) is 77.7 Å². The Morgan fingerprint density at radius 2 is 1.41 bits per heavy atom. The first-order valence-corrected chi connectivity index (χ1v) is 12.2. The van der Waals surface area contributed by atoms with E-state index in [9.17, 15) is 13.2 Å². The van der Waals surface area contributed by atoms with Gasteiger partial charge in [0.15, 0.2) is 0 Å². The molecule has 2 N–H and O–H groups in total. The molecule has 6 heteroatoms. The van der Waals surface area contributed by atoms with Gasteiger partial charge in [-0.05, 0) is 46.7 Å². The highest BCUT2D eigenvalue weighted by Crippen LogP contribution is 2.32. The molecule has 0 aliphatic rings. The fourth-order valence-corrected chi connectivity index (χ4v) is 4.61. The molecule has 0 aliphatic carbocycles. The molecule has 0 saturated carbocycles. The maximum absolute atomic E-state index is 13.1. The average Bonchev–Trinajstić information content (AvgIpc) is 2.78. The van der Waals surface area contributed by atoms with Crippen molar-refractivity contribution in [1.82, 2.24) is 4.72 Å². The number of rotatable bonds is 8. The van der Waals surface area contributed by atoms with Gasteiger partial charge >= 0.3 is 0 Å². The highest BCUT2D eigenvalue weighted by Gasteiger charge is 2.19. The van der Waals surface area contributed by atoms with Crippen molar-refractivity contribution in [3.63, 3.8) is 0 Å². The van der Waals surface area contributed by atoms with E-state index in [1.54, 1.807) is 12.1 Å².